The van der Waals surface area contributed by atoms with Gasteiger partial charge in [-0.1, -0.05) is 19.6 Å². The van der Waals surface area contributed by atoms with Gasteiger partial charge in [-0.2, -0.15) is 0 Å². The molecular formula is C10H14O4. The van der Waals surface area contributed by atoms with E-state index in [0.29, 0.717) is 12.0 Å². The lowest BCUT2D eigenvalue weighted by atomic mass is 10.00. The third-order valence-electron chi connectivity index (χ3n) is 1.81. The Balaban J connectivity index is 0.000000241. The zero-order valence-electron chi connectivity index (χ0n) is 8.12. The van der Waals surface area contributed by atoms with E-state index in [1.54, 1.807) is 13.0 Å². The number of carboxylic acid groups (broad SMARTS) is 2. The van der Waals surface area contributed by atoms with Gasteiger partial charge in [0.05, 0.1) is 0 Å². The average molecular weight is 198 g/mol. The molecule has 0 aromatic rings. The summed E-state index contributed by atoms with van der Waals surface area (Å²) in [5, 5.41) is 16.2. The van der Waals surface area contributed by atoms with E-state index in [2.05, 4.69) is 6.58 Å². The molecule has 0 amide bonds. The predicted octanol–water partition coefficient (Wildman–Crippen LogP) is 1.83. The van der Waals surface area contributed by atoms with Crippen molar-refractivity contribution in [2.24, 2.45) is 0 Å². The second kappa shape index (κ2) is 5.96. The van der Waals surface area contributed by atoms with Crippen LogP contribution in [0.4, 0.5) is 0 Å². The van der Waals surface area contributed by atoms with Crippen LogP contribution in [-0.4, -0.2) is 22.2 Å². The van der Waals surface area contributed by atoms with Crippen molar-refractivity contribution in [2.45, 2.75) is 26.2 Å². The Bertz CT molecular complexity index is 276. The van der Waals surface area contributed by atoms with Crippen molar-refractivity contribution in [3.05, 3.63) is 23.8 Å². The average Bonchev–Trinajstić information content (AvgIpc) is 1.99. The molecule has 0 unspecified atom stereocenters. The molecule has 2 N–H and O–H groups in total. The van der Waals surface area contributed by atoms with Crippen molar-refractivity contribution in [2.75, 3.05) is 0 Å². The first-order chi connectivity index (χ1) is 6.49. The molecule has 0 saturated heterocycles. The van der Waals surface area contributed by atoms with Crippen LogP contribution in [0, 0.1) is 0 Å². The minimum absolute atomic E-state index is 0.264. The van der Waals surface area contributed by atoms with Gasteiger partial charge in [-0.15, -0.1) is 0 Å². The van der Waals surface area contributed by atoms with Crippen LogP contribution in [0.15, 0.2) is 23.8 Å². The van der Waals surface area contributed by atoms with Gasteiger partial charge in [0.15, 0.2) is 0 Å². The Morgan fingerprint density at radius 1 is 1.50 bits per heavy atom. The summed E-state index contributed by atoms with van der Waals surface area (Å²) < 4.78 is 0. The van der Waals surface area contributed by atoms with Gasteiger partial charge in [0, 0.05) is 11.1 Å². The maximum Gasteiger partial charge on any atom is 0.331 e. The standard InChI is InChI=1S/C5H6O2.C5H8O2/c6-5(7)4-2-1-3-4;1-3-4(2)5(6)7/h2H,1,3H2,(H,6,7);2-3H2,1H3,(H,6,7). The number of hydrogen-bond donors (Lipinski definition) is 2. The highest BCUT2D eigenvalue weighted by Crippen LogP contribution is 2.16. The zero-order chi connectivity index (χ0) is 11.1. The van der Waals surface area contributed by atoms with Crippen molar-refractivity contribution in [3.8, 4) is 0 Å². The molecule has 0 aliphatic heterocycles. The SMILES string of the molecule is C=C(CC)C(=O)O.O=C(O)C1=CCC1. The number of hydrogen-bond acceptors (Lipinski definition) is 2. The summed E-state index contributed by atoms with van der Waals surface area (Å²) in [6.07, 6.45) is 3.97. The van der Waals surface area contributed by atoms with Gasteiger partial charge in [-0.3, -0.25) is 0 Å². The quantitative estimate of drug-likeness (QED) is 0.678. The molecule has 0 spiro atoms. The van der Waals surface area contributed by atoms with Gasteiger partial charge in [0.25, 0.3) is 0 Å². The molecule has 78 valence electrons. The molecule has 1 rings (SSSR count). The summed E-state index contributed by atoms with van der Waals surface area (Å²) in [4.78, 5) is 19.7. The normalized spacial score (nSPS) is 12.8. The fourth-order valence-electron chi connectivity index (χ4n) is 0.634. The van der Waals surface area contributed by atoms with Crippen molar-refractivity contribution < 1.29 is 19.8 Å². The highest BCUT2D eigenvalue weighted by atomic mass is 16.4. The molecule has 4 heteroatoms. The van der Waals surface area contributed by atoms with Crippen molar-refractivity contribution in [3.63, 3.8) is 0 Å². The fraction of sp³-hybridized carbons (Fsp3) is 0.400. The highest BCUT2D eigenvalue weighted by molar-refractivity contribution is 5.87. The molecular weight excluding hydrogens is 184 g/mol. The van der Waals surface area contributed by atoms with Gasteiger partial charge in [0.2, 0.25) is 0 Å². The first kappa shape index (κ1) is 12.4. The van der Waals surface area contributed by atoms with Crippen molar-refractivity contribution in [1.82, 2.24) is 0 Å². The lowest BCUT2D eigenvalue weighted by Crippen LogP contribution is -2.05. The van der Waals surface area contributed by atoms with Crippen LogP contribution in [0.2, 0.25) is 0 Å². The third-order valence-corrected chi connectivity index (χ3v) is 1.81. The molecule has 0 radical (unpaired) electrons. The Labute approximate surface area is 82.6 Å². The van der Waals surface area contributed by atoms with Crippen LogP contribution in [0.1, 0.15) is 26.2 Å². The van der Waals surface area contributed by atoms with Gasteiger partial charge in [0.1, 0.15) is 0 Å². The third kappa shape index (κ3) is 4.45. The van der Waals surface area contributed by atoms with Gasteiger partial charge in [-0.05, 0) is 19.3 Å². The number of aliphatic carboxylic acids is 2. The summed E-state index contributed by atoms with van der Waals surface area (Å²) in [7, 11) is 0. The fourth-order valence-corrected chi connectivity index (χ4v) is 0.634. The minimum Gasteiger partial charge on any atom is -0.478 e. The van der Waals surface area contributed by atoms with E-state index in [1.165, 1.54) is 0 Å². The first-order valence-electron chi connectivity index (χ1n) is 4.32. The minimum atomic E-state index is -0.900. The maximum absolute atomic E-state index is 9.91. The van der Waals surface area contributed by atoms with Gasteiger partial charge < -0.3 is 10.2 Å². The summed E-state index contributed by atoms with van der Waals surface area (Å²) in [5.74, 6) is -1.66. The van der Waals surface area contributed by atoms with E-state index in [0.717, 1.165) is 12.8 Å². The molecule has 4 nitrogen and oxygen atoms in total. The summed E-state index contributed by atoms with van der Waals surface area (Å²) in [5.41, 5.74) is 0.833. The monoisotopic (exact) mass is 198 g/mol. The molecule has 1 aliphatic carbocycles. The molecule has 14 heavy (non-hydrogen) atoms. The Morgan fingerprint density at radius 3 is 2.00 bits per heavy atom. The Morgan fingerprint density at radius 2 is 2.00 bits per heavy atom. The number of rotatable bonds is 3. The van der Waals surface area contributed by atoms with E-state index in [9.17, 15) is 9.59 Å². The van der Waals surface area contributed by atoms with Crippen molar-refractivity contribution >= 4 is 11.9 Å². The zero-order valence-corrected chi connectivity index (χ0v) is 8.12. The van der Waals surface area contributed by atoms with E-state index in [-0.39, 0.29) is 5.57 Å². The Kier molecular flexibility index (Phi) is 5.29. The van der Waals surface area contributed by atoms with Gasteiger partial charge in [-0.25, -0.2) is 9.59 Å². The lowest BCUT2D eigenvalue weighted by molar-refractivity contribution is -0.133. The van der Waals surface area contributed by atoms with E-state index in [4.69, 9.17) is 10.2 Å². The van der Waals surface area contributed by atoms with E-state index >= 15 is 0 Å². The van der Waals surface area contributed by atoms with Crippen LogP contribution >= 0.6 is 0 Å². The second-order valence-corrected chi connectivity index (χ2v) is 2.84. The molecule has 0 saturated carbocycles. The molecule has 0 fully saturated rings. The molecule has 0 heterocycles. The molecule has 0 aromatic heterocycles. The van der Waals surface area contributed by atoms with Crippen LogP contribution in [0.25, 0.3) is 0 Å². The smallest absolute Gasteiger partial charge is 0.331 e. The maximum atomic E-state index is 9.91. The molecule has 1 aliphatic rings. The lowest BCUT2D eigenvalue weighted by Gasteiger charge is -2.06. The highest BCUT2D eigenvalue weighted by Gasteiger charge is 2.11. The topological polar surface area (TPSA) is 74.6 Å². The van der Waals surface area contributed by atoms with Gasteiger partial charge >= 0.3 is 11.9 Å². The van der Waals surface area contributed by atoms with Crippen molar-refractivity contribution in [1.29, 1.82) is 0 Å². The largest absolute Gasteiger partial charge is 0.478 e. The first-order valence-corrected chi connectivity index (χ1v) is 4.32. The summed E-state index contributed by atoms with van der Waals surface area (Å²) in [6.45, 7) is 5.03. The predicted molar refractivity (Wildman–Crippen MR) is 52.0 cm³/mol. The summed E-state index contributed by atoms with van der Waals surface area (Å²) in [6, 6.07) is 0. The molecule has 0 bridgehead atoms. The van der Waals surface area contributed by atoms with E-state index < -0.39 is 11.9 Å². The molecule has 0 atom stereocenters. The second-order valence-electron chi connectivity index (χ2n) is 2.84. The Hall–Kier alpha value is -1.58. The van der Waals surface area contributed by atoms with Crippen LogP contribution in [0.3, 0.4) is 0 Å². The number of allylic oxidation sites excluding steroid dienone is 1. The van der Waals surface area contributed by atoms with Crippen LogP contribution in [-0.2, 0) is 9.59 Å². The number of carbonyl (C=O) groups is 2. The summed E-state index contributed by atoms with van der Waals surface area (Å²) >= 11 is 0. The molecule has 0 aromatic carbocycles. The van der Waals surface area contributed by atoms with E-state index in [1.807, 2.05) is 0 Å². The van der Waals surface area contributed by atoms with Crippen LogP contribution < -0.4 is 0 Å². The number of carboxylic acids is 2. The van der Waals surface area contributed by atoms with Crippen LogP contribution in [0.5, 0.6) is 0 Å².